The first kappa shape index (κ1) is 16.1. The molecule has 0 heterocycles. The maximum atomic E-state index is 8.08. The van der Waals surface area contributed by atoms with Crippen molar-refractivity contribution in [1.29, 1.82) is 0 Å². The van der Waals surface area contributed by atoms with Crippen LogP contribution in [-0.4, -0.2) is 32.8 Å². The third-order valence-corrected chi connectivity index (χ3v) is 1.56. The summed E-state index contributed by atoms with van der Waals surface area (Å²) in [5.74, 6) is 0. The zero-order valence-corrected chi connectivity index (χ0v) is 9.41. The molecule has 0 bridgehead atoms. The van der Waals surface area contributed by atoms with E-state index in [1.165, 1.54) is 0 Å². The minimum Gasteiger partial charge on any atom is -0.328 e. The first-order valence-electron chi connectivity index (χ1n) is 3.66. The van der Waals surface area contributed by atoms with Gasteiger partial charge in [-0.2, -0.15) is 0 Å². The van der Waals surface area contributed by atoms with Crippen molar-refractivity contribution in [1.82, 2.24) is 0 Å². The summed E-state index contributed by atoms with van der Waals surface area (Å²) in [7, 11) is -4.21. The normalized spacial score (nSPS) is 10.2. The Bertz CT molecular complexity index is 91.1. The van der Waals surface area contributed by atoms with Crippen LogP contribution in [0.1, 0.15) is 20.3 Å². The first-order chi connectivity index (χ1) is 6.04. The third-order valence-electron chi connectivity index (χ3n) is 0.655. The summed E-state index contributed by atoms with van der Waals surface area (Å²) in [4.78, 5) is 32.1. The van der Waals surface area contributed by atoms with E-state index in [9.17, 15) is 0 Å². The summed E-state index contributed by atoms with van der Waals surface area (Å²) in [6.07, 6.45) is 0.819. The van der Waals surface area contributed by atoms with Crippen molar-refractivity contribution in [2.24, 2.45) is 0 Å². The molecule has 0 aromatic carbocycles. The lowest BCUT2D eigenvalue weighted by Gasteiger charge is -1.98. The molecule has 82 valence electrons. The summed E-state index contributed by atoms with van der Waals surface area (Å²) >= 11 is 0. The second-order valence-electron chi connectivity index (χ2n) is 1.76. The molecule has 0 aliphatic rings. The summed E-state index contributed by atoms with van der Waals surface area (Å²) in [5, 5.41) is 0. The van der Waals surface area contributed by atoms with Gasteiger partial charge in [-0.15, -0.1) is 0 Å². The van der Waals surface area contributed by atoms with Crippen molar-refractivity contribution < 1.29 is 28.6 Å². The van der Waals surface area contributed by atoms with Crippen LogP contribution < -0.4 is 0 Å². The van der Waals surface area contributed by atoms with Gasteiger partial charge in [0.05, 0.1) is 13.2 Å². The lowest BCUT2D eigenvalue weighted by atomic mass is 10.5. The zero-order valence-electron chi connectivity index (χ0n) is 7.62. The molecule has 0 saturated carbocycles. The van der Waals surface area contributed by atoms with E-state index in [-0.39, 0.29) is 0 Å². The van der Waals surface area contributed by atoms with Gasteiger partial charge in [0.1, 0.15) is 0 Å². The number of hydrogen-bond donors (Lipinski definition) is 4. The fourth-order valence-corrected chi connectivity index (χ4v) is 0.865. The highest BCUT2D eigenvalue weighted by atomic mass is 31.2. The Morgan fingerprint density at radius 3 is 1.46 bits per heavy atom. The van der Waals surface area contributed by atoms with Crippen LogP contribution in [-0.2, 0) is 9.05 Å². The molecule has 8 heteroatoms. The predicted molar refractivity (Wildman–Crippen MR) is 50.6 cm³/mol. The van der Waals surface area contributed by atoms with Crippen molar-refractivity contribution in [2.75, 3.05) is 13.2 Å². The molecule has 0 unspecified atom stereocenters. The Balaban J connectivity index is 0. The molecule has 0 aromatic heterocycles. The Kier molecular flexibility index (Phi) is 15.6. The maximum absolute atomic E-state index is 8.08. The average molecular weight is 234 g/mol. The van der Waals surface area contributed by atoms with Gasteiger partial charge in [-0.1, -0.05) is 6.92 Å². The van der Waals surface area contributed by atoms with Crippen LogP contribution >= 0.6 is 17.2 Å². The quantitative estimate of drug-likeness (QED) is 0.526. The fourth-order valence-electron chi connectivity index (χ4n) is 0.288. The largest absolute Gasteiger partial charge is 0.328 e. The van der Waals surface area contributed by atoms with E-state index in [2.05, 4.69) is 9.05 Å². The van der Waals surface area contributed by atoms with Crippen LogP contribution in [0.3, 0.4) is 0 Å². The van der Waals surface area contributed by atoms with Gasteiger partial charge in [0, 0.05) is 0 Å². The van der Waals surface area contributed by atoms with Gasteiger partial charge < -0.3 is 28.6 Å². The highest BCUT2D eigenvalue weighted by molar-refractivity contribution is 7.39. The van der Waals surface area contributed by atoms with Crippen molar-refractivity contribution in [2.45, 2.75) is 20.3 Å². The van der Waals surface area contributed by atoms with Gasteiger partial charge >= 0.3 is 17.2 Å². The second kappa shape index (κ2) is 12.6. The second-order valence-corrected chi connectivity index (χ2v) is 3.28. The number of rotatable bonds is 5. The molecular weight excluding hydrogens is 218 g/mol. The van der Waals surface area contributed by atoms with Gasteiger partial charge in [-0.3, -0.25) is 0 Å². The lowest BCUT2D eigenvalue weighted by Crippen LogP contribution is -1.83. The molecule has 0 atom stereocenters. The molecule has 0 aliphatic heterocycles. The zero-order chi connectivity index (χ0) is 10.7. The van der Waals surface area contributed by atoms with Crippen molar-refractivity contribution in [3.05, 3.63) is 0 Å². The standard InChI is InChI=1S/C3H9O3P.C2H7O3P/c1-2-3-6-7(4)5;1-2-5-6(3)4/h4-5H,2-3H2,1H3;3-4H,2H2,1H3. The lowest BCUT2D eigenvalue weighted by molar-refractivity contribution is 0.255. The Morgan fingerprint density at radius 1 is 0.923 bits per heavy atom. The molecule has 0 amide bonds. The fraction of sp³-hybridized carbons (Fsp3) is 1.00. The molecule has 0 aliphatic carbocycles. The Hall–Kier alpha value is 0.620. The van der Waals surface area contributed by atoms with Gasteiger partial charge in [0.15, 0.2) is 0 Å². The predicted octanol–water partition coefficient (Wildman–Crippen LogP) is 0.859. The van der Waals surface area contributed by atoms with Gasteiger partial charge in [-0.25, -0.2) is 0 Å². The SMILES string of the molecule is CCCOP(O)O.CCOP(O)O. The summed E-state index contributed by atoms with van der Waals surface area (Å²) < 4.78 is 8.58. The Labute approximate surface area is 80.1 Å². The van der Waals surface area contributed by atoms with E-state index >= 15 is 0 Å². The van der Waals surface area contributed by atoms with E-state index in [0.29, 0.717) is 13.2 Å². The monoisotopic (exact) mass is 234 g/mol. The van der Waals surface area contributed by atoms with Crippen molar-refractivity contribution in [3.8, 4) is 0 Å². The average Bonchev–Trinajstić information content (AvgIpc) is 2.01. The van der Waals surface area contributed by atoms with Crippen molar-refractivity contribution >= 4 is 17.2 Å². The first-order valence-corrected chi connectivity index (χ1v) is 5.99. The minimum absolute atomic E-state index is 0.360. The summed E-state index contributed by atoms with van der Waals surface area (Å²) in [5.41, 5.74) is 0. The van der Waals surface area contributed by atoms with Crippen LogP contribution in [0.25, 0.3) is 0 Å². The molecule has 0 radical (unpaired) electrons. The molecule has 0 saturated heterocycles. The molecular formula is C5H16O6P2. The van der Waals surface area contributed by atoms with Gasteiger partial charge in [0.2, 0.25) is 0 Å². The maximum Gasteiger partial charge on any atom is 0.327 e. The van der Waals surface area contributed by atoms with Crippen LogP contribution in [0.5, 0.6) is 0 Å². The van der Waals surface area contributed by atoms with Crippen LogP contribution in [0.4, 0.5) is 0 Å². The molecule has 13 heavy (non-hydrogen) atoms. The van der Waals surface area contributed by atoms with Crippen LogP contribution in [0, 0.1) is 0 Å². The molecule has 0 aromatic rings. The van der Waals surface area contributed by atoms with E-state index in [1.807, 2.05) is 6.92 Å². The highest BCUT2D eigenvalue weighted by Crippen LogP contribution is 2.23. The molecule has 0 fully saturated rings. The van der Waals surface area contributed by atoms with Crippen molar-refractivity contribution in [3.63, 3.8) is 0 Å². The Morgan fingerprint density at radius 2 is 1.38 bits per heavy atom. The molecule has 0 rings (SSSR count). The van der Waals surface area contributed by atoms with E-state index in [4.69, 9.17) is 19.6 Å². The topological polar surface area (TPSA) is 99.4 Å². The highest BCUT2D eigenvalue weighted by Gasteiger charge is 1.93. The summed E-state index contributed by atoms with van der Waals surface area (Å²) in [6, 6.07) is 0. The summed E-state index contributed by atoms with van der Waals surface area (Å²) in [6.45, 7) is 4.39. The molecule has 4 N–H and O–H groups in total. The molecule has 6 nitrogen and oxygen atoms in total. The van der Waals surface area contributed by atoms with Gasteiger partial charge in [-0.05, 0) is 13.3 Å². The minimum atomic E-state index is -2.11. The van der Waals surface area contributed by atoms with E-state index < -0.39 is 17.2 Å². The van der Waals surface area contributed by atoms with Crippen LogP contribution in [0.15, 0.2) is 0 Å². The smallest absolute Gasteiger partial charge is 0.327 e. The van der Waals surface area contributed by atoms with Gasteiger partial charge in [0.25, 0.3) is 0 Å². The number of hydrogen-bond acceptors (Lipinski definition) is 6. The van der Waals surface area contributed by atoms with E-state index in [1.54, 1.807) is 6.92 Å². The van der Waals surface area contributed by atoms with Crippen LogP contribution in [0.2, 0.25) is 0 Å². The van der Waals surface area contributed by atoms with E-state index in [0.717, 1.165) is 6.42 Å². The third kappa shape index (κ3) is 24.5. The molecule has 0 spiro atoms.